The number of nitrogens with zero attached hydrogens (tertiary/aromatic N) is 3. The summed E-state index contributed by atoms with van der Waals surface area (Å²) < 4.78 is 3.78. The summed E-state index contributed by atoms with van der Waals surface area (Å²) in [5.41, 5.74) is 3.52. The predicted octanol–water partition coefficient (Wildman–Crippen LogP) is 2.29. The van der Waals surface area contributed by atoms with Crippen molar-refractivity contribution in [3.8, 4) is 0 Å². The van der Waals surface area contributed by atoms with Gasteiger partial charge in [-0.25, -0.2) is 9.38 Å². The van der Waals surface area contributed by atoms with Crippen LogP contribution in [0.3, 0.4) is 0 Å². The SMILES string of the molecule is CCn1c2ccccc2n2c(=O)c(C)c(C)nc12. The summed E-state index contributed by atoms with van der Waals surface area (Å²) in [7, 11) is 0. The Hall–Kier alpha value is -2.10. The molecule has 0 bridgehead atoms. The molecule has 0 spiro atoms. The van der Waals surface area contributed by atoms with Crippen LogP contribution in [-0.4, -0.2) is 14.0 Å². The van der Waals surface area contributed by atoms with Crippen molar-refractivity contribution in [3.63, 3.8) is 0 Å². The highest BCUT2D eigenvalue weighted by Gasteiger charge is 2.14. The maximum atomic E-state index is 12.4. The topological polar surface area (TPSA) is 39.3 Å². The first-order valence-electron chi connectivity index (χ1n) is 6.12. The summed E-state index contributed by atoms with van der Waals surface area (Å²) in [6.07, 6.45) is 0. The fraction of sp³-hybridized carbons (Fsp3) is 0.286. The quantitative estimate of drug-likeness (QED) is 0.655. The van der Waals surface area contributed by atoms with Crippen molar-refractivity contribution in [2.24, 2.45) is 0 Å². The summed E-state index contributed by atoms with van der Waals surface area (Å²) in [5.74, 6) is 0.729. The van der Waals surface area contributed by atoms with Gasteiger partial charge in [-0.2, -0.15) is 0 Å². The van der Waals surface area contributed by atoms with Crippen LogP contribution in [0.15, 0.2) is 29.1 Å². The highest BCUT2D eigenvalue weighted by molar-refractivity contribution is 5.80. The molecule has 92 valence electrons. The number of fused-ring (bicyclic) bond motifs is 3. The second-order valence-electron chi connectivity index (χ2n) is 4.50. The van der Waals surface area contributed by atoms with E-state index >= 15 is 0 Å². The minimum atomic E-state index is 0.0286. The van der Waals surface area contributed by atoms with Gasteiger partial charge in [0.2, 0.25) is 5.78 Å². The molecule has 3 rings (SSSR count). The lowest BCUT2D eigenvalue weighted by Crippen LogP contribution is -2.19. The van der Waals surface area contributed by atoms with Gasteiger partial charge in [-0.1, -0.05) is 12.1 Å². The number of aromatic nitrogens is 3. The Bertz CT molecular complexity index is 811. The Morgan fingerprint density at radius 1 is 1.17 bits per heavy atom. The molecule has 2 aromatic heterocycles. The van der Waals surface area contributed by atoms with E-state index in [9.17, 15) is 4.79 Å². The van der Waals surface area contributed by atoms with E-state index in [0.717, 1.165) is 29.0 Å². The normalized spacial score (nSPS) is 11.5. The number of imidazole rings is 1. The van der Waals surface area contributed by atoms with Crippen molar-refractivity contribution in [1.82, 2.24) is 14.0 Å². The monoisotopic (exact) mass is 241 g/mol. The largest absolute Gasteiger partial charge is 0.310 e. The molecule has 0 radical (unpaired) electrons. The van der Waals surface area contributed by atoms with Crippen LogP contribution in [0.4, 0.5) is 0 Å². The summed E-state index contributed by atoms with van der Waals surface area (Å²) in [6, 6.07) is 7.92. The van der Waals surface area contributed by atoms with Crippen LogP contribution in [0, 0.1) is 13.8 Å². The fourth-order valence-electron chi connectivity index (χ4n) is 2.40. The molecule has 18 heavy (non-hydrogen) atoms. The molecular formula is C14H15N3O. The summed E-state index contributed by atoms with van der Waals surface area (Å²) in [4.78, 5) is 17.0. The Kier molecular flexibility index (Phi) is 2.26. The first kappa shape index (κ1) is 11.0. The van der Waals surface area contributed by atoms with Crippen LogP contribution in [0.25, 0.3) is 16.8 Å². The standard InChI is InChI=1S/C14H15N3O/c1-4-16-11-7-5-6-8-12(11)17-13(18)9(2)10(3)15-14(16)17/h5-8H,4H2,1-3H3. The van der Waals surface area contributed by atoms with E-state index in [1.54, 1.807) is 4.40 Å². The number of para-hydroxylation sites is 2. The minimum absolute atomic E-state index is 0.0286. The maximum Gasteiger partial charge on any atom is 0.262 e. The van der Waals surface area contributed by atoms with Crippen LogP contribution in [0.1, 0.15) is 18.2 Å². The highest BCUT2D eigenvalue weighted by atomic mass is 16.1. The molecule has 0 aliphatic rings. The lowest BCUT2D eigenvalue weighted by atomic mass is 10.2. The molecule has 4 heteroatoms. The van der Waals surface area contributed by atoms with Gasteiger partial charge < -0.3 is 4.57 Å². The van der Waals surface area contributed by atoms with Gasteiger partial charge in [0.25, 0.3) is 5.56 Å². The molecule has 0 atom stereocenters. The van der Waals surface area contributed by atoms with Gasteiger partial charge in [-0.05, 0) is 32.9 Å². The number of rotatable bonds is 1. The molecule has 0 aliphatic carbocycles. The third kappa shape index (κ3) is 1.26. The van der Waals surface area contributed by atoms with Crippen LogP contribution in [0.5, 0.6) is 0 Å². The molecule has 3 aromatic rings. The summed E-state index contributed by atoms with van der Waals surface area (Å²) in [6.45, 7) is 6.57. The van der Waals surface area contributed by atoms with E-state index in [2.05, 4.69) is 16.5 Å². The Morgan fingerprint density at radius 2 is 1.83 bits per heavy atom. The second kappa shape index (κ2) is 3.70. The van der Waals surface area contributed by atoms with Crippen molar-refractivity contribution < 1.29 is 0 Å². The first-order chi connectivity index (χ1) is 8.65. The van der Waals surface area contributed by atoms with Crippen LogP contribution in [0.2, 0.25) is 0 Å². The third-order valence-electron chi connectivity index (χ3n) is 3.51. The van der Waals surface area contributed by atoms with Gasteiger partial charge >= 0.3 is 0 Å². The fourth-order valence-corrected chi connectivity index (χ4v) is 2.40. The van der Waals surface area contributed by atoms with Crippen molar-refractivity contribution >= 4 is 16.8 Å². The second-order valence-corrected chi connectivity index (χ2v) is 4.50. The van der Waals surface area contributed by atoms with E-state index in [-0.39, 0.29) is 5.56 Å². The molecule has 0 aliphatic heterocycles. The van der Waals surface area contributed by atoms with Crippen molar-refractivity contribution in [3.05, 3.63) is 45.9 Å². The number of benzene rings is 1. The molecule has 1 aromatic carbocycles. The molecular weight excluding hydrogens is 226 g/mol. The molecule has 0 unspecified atom stereocenters. The van der Waals surface area contributed by atoms with Gasteiger partial charge in [0, 0.05) is 17.8 Å². The zero-order valence-corrected chi connectivity index (χ0v) is 10.8. The van der Waals surface area contributed by atoms with E-state index in [1.165, 1.54) is 0 Å². The molecule has 0 saturated carbocycles. The molecule has 4 nitrogen and oxygen atoms in total. The summed E-state index contributed by atoms with van der Waals surface area (Å²) >= 11 is 0. The summed E-state index contributed by atoms with van der Waals surface area (Å²) in [5, 5.41) is 0. The van der Waals surface area contributed by atoms with Crippen molar-refractivity contribution in [2.75, 3.05) is 0 Å². The number of hydrogen-bond acceptors (Lipinski definition) is 2. The Labute approximate surface area is 105 Å². The third-order valence-corrected chi connectivity index (χ3v) is 3.51. The van der Waals surface area contributed by atoms with Crippen LogP contribution >= 0.6 is 0 Å². The van der Waals surface area contributed by atoms with E-state index in [4.69, 9.17) is 0 Å². The lowest BCUT2D eigenvalue weighted by molar-refractivity contribution is 0.792. The van der Waals surface area contributed by atoms with E-state index in [1.807, 2.05) is 38.1 Å². The van der Waals surface area contributed by atoms with Crippen molar-refractivity contribution in [1.29, 1.82) is 0 Å². The zero-order chi connectivity index (χ0) is 12.9. The molecule has 0 fully saturated rings. The van der Waals surface area contributed by atoms with E-state index < -0.39 is 0 Å². The van der Waals surface area contributed by atoms with Crippen LogP contribution in [-0.2, 0) is 6.54 Å². The number of aryl methyl sites for hydroxylation is 2. The highest BCUT2D eigenvalue weighted by Crippen LogP contribution is 2.18. The van der Waals surface area contributed by atoms with Gasteiger partial charge in [0.1, 0.15) is 0 Å². The predicted molar refractivity (Wildman–Crippen MR) is 72.1 cm³/mol. The first-order valence-corrected chi connectivity index (χ1v) is 6.12. The average Bonchev–Trinajstić information content (AvgIpc) is 2.69. The van der Waals surface area contributed by atoms with Crippen molar-refractivity contribution in [2.45, 2.75) is 27.3 Å². The van der Waals surface area contributed by atoms with Gasteiger partial charge in [0.15, 0.2) is 0 Å². The number of hydrogen-bond donors (Lipinski definition) is 0. The Morgan fingerprint density at radius 3 is 2.50 bits per heavy atom. The molecule has 0 N–H and O–H groups in total. The minimum Gasteiger partial charge on any atom is -0.310 e. The van der Waals surface area contributed by atoms with Gasteiger partial charge in [-0.3, -0.25) is 4.79 Å². The van der Waals surface area contributed by atoms with E-state index in [0.29, 0.717) is 5.56 Å². The zero-order valence-electron chi connectivity index (χ0n) is 10.8. The molecule has 0 amide bonds. The maximum absolute atomic E-state index is 12.4. The smallest absolute Gasteiger partial charge is 0.262 e. The molecule has 2 heterocycles. The molecule has 0 saturated heterocycles. The Balaban J connectivity index is 2.69. The lowest BCUT2D eigenvalue weighted by Gasteiger charge is -2.03. The average molecular weight is 241 g/mol. The van der Waals surface area contributed by atoms with Gasteiger partial charge in [-0.15, -0.1) is 0 Å². The van der Waals surface area contributed by atoms with Gasteiger partial charge in [0.05, 0.1) is 11.0 Å². The van der Waals surface area contributed by atoms with Crippen LogP contribution < -0.4 is 5.56 Å².